The van der Waals surface area contributed by atoms with E-state index < -0.39 is 0 Å². The van der Waals surface area contributed by atoms with Gasteiger partial charge < -0.3 is 10.6 Å². The van der Waals surface area contributed by atoms with Crippen molar-refractivity contribution in [3.8, 4) is 0 Å². The fourth-order valence-electron chi connectivity index (χ4n) is 3.32. The number of piperidine rings is 1. The lowest BCUT2D eigenvalue weighted by Gasteiger charge is -2.30. The van der Waals surface area contributed by atoms with Crippen molar-refractivity contribution < 1.29 is 4.79 Å². The van der Waals surface area contributed by atoms with Crippen LogP contribution in [0.3, 0.4) is 0 Å². The van der Waals surface area contributed by atoms with Gasteiger partial charge in [0.25, 0.3) is 0 Å². The first kappa shape index (κ1) is 16.8. The minimum absolute atomic E-state index is 0. The van der Waals surface area contributed by atoms with Gasteiger partial charge in [0.1, 0.15) is 0 Å². The van der Waals surface area contributed by atoms with Gasteiger partial charge in [0.2, 0.25) is 5.91 Å². The predicted octanol–water partition coefficient (Wildman–Crippen LogP) is 3.11. The third kappa shape index (κ3) is 5.70. The summed E-state index contributed by atoms with van der Waals surface area (Å²) >= 11 is 0. The summed E-state index contributed by atoms with van der Waals surface area (Å²) in [6.45, 7) is 1.76. The first-order valence-corrected chi connectivity index (χ1v) is 7.79. The Bertz CT molecular complexity index is 259. The van der Waals surface area contributed by atoms with Crippen molar-refractivity contribution >= 4 is 18.3 Å². The number of carbonyl (C=O) groups excluding carboxylic acids is 1. The molecule has 1 saturated heterocycles. The predicted molar refractivity (Wildman–Crippen MR) is 81.5 cm³/mol. The van der Waals surface area contributed by atoms with Gasteiger partial charge in [-0.2, -0.15) is 0 Å². The molecule has 0 radical (unpaired) electrons. The molecule has 2 N–H and O–H groups in total. The van der Waals surface area contributed by atoms with E-state index in [9.17, 15) is 4.79 Å². The van der Waals surface area contributed by atoms with Crippen molar-refractivity contribution in [2.75, 3.05) is 13.1 Å². The molecule has 0 spiro atoms. The molecule has 2 rings (SSSR count). The number of nitrogens with zero attached hydrogens (tertiary/aromatic N) is 1. The molecule has 0 bridgehead atoms. The number of hydrogen-bond donors (Lipinski definition) is 1. The lowest BCUT2D eigenvalue weighted by molar-refractivity contribution is -0.132. The van der Waals surface area contributed by atoms with Crippen molar-refractivity contribution in [3.63, 3.8) is 0 Å². The molecule has 19 heavy (non-hydrogen) atoms. The molecule has 1 amide bonds. The second kappa shape index (κ2) is 8.80. The average molecular weight is 289 g/mol. The first-order chi connectivity index (χ1) is 8.75. The zero-order chi connectivity index (χ0) is 12.8. The summed E-state index contributed by atoms with van der Waals surface area (Å²) in [5.74, 6) is 1.26. The Morgan fingerprint density at radius 1 is 1.05 bits per heavy atom. The molecule has 2 fully saturated rings. The molecule has 0 atom stereocenters. The molecule has 3 nitrogen and oxygen atoms in total. The van der Waals surface area contributed by atoms with Gasteiger partial charge in [0, 0.05) is 25.6 Å². The molecule has 1 heterocycles. The van der Waals surface area contributed by atoms with Crippen LogP contribution in [0.4, 0.5) is 0 Å². The third-order valence-corrected chi connectivity index (χ3v) is 4.62. The number of nitrogens with two attached hydrogens (primary N) is 1. The van der Waals surface area contributed by atoms with E-state index in [-0.39, 0.29) is 12.4 Å². The van der Waals surface area contributed by atoms with Crippen LogP contribution in [0.5, 0.6) is 0 Å². The van der Waals surface area contributed by atoms with Crippen molar-refractivity contribution in [2.45, 2.75) is 70.3 Å². The summed E-state index contributed by atoms with van der Waals surface area (Å²) in [7, 11) is 0. The number of likely N-dealkylation sites (tertiary alicyclic amines) is 1. The molecular weight excluding hydrogens is 260 g/mol. The van der Waals surface area contributed by atoms with E-state index in [1.807, 2.05) is 4.90 Å². The van der Waals surface area contributed by atoms with Crippen LogP contribution in [0.1, 0.15) is 64.2 Å². The Kier molecular flexibility index (Phi) is 7.77. The van der Waals surface area contributed by atoms with Crippen LogP contribution in [0.2, 0.25) is 0 Å². The van der Waals surface area contributed by atoms with E-state index in [1.54, 1.807) is 0 Å². The highest BCUT2D eigenvalue weighted by Crippen LogP contribution is 2.27. The fourth-order valence-corrected chi connectivity index (χ4v) is 3.32. The number of rotatable bonds is 4. The van der Waals surface area contributed by atoms with E-state index in [1.165, 1.54) is 38.5 Å². The maximum atomic E-state index is 12.0. The van der Waals surface area contributed by atoms with Crippen LogP contribution in [0, 0.1) is 5.92 Å². The van der Waals surface area contributed by atoms with E-state index in [4.69, 9.17) is 5.73 Å². The van der Waals surface area contributed by atoms with Crippen LogP contribution in [-0.4, -0.2) is 29.9 Å². The number of carbonyl (C=O) groups is 1. The Hall–Kier alpha value is -0.280. The number of hydrogen-bond acceptors (Lipinski definition) is 2. The van der Waals surface area contributed by atoms with E-state index in [0.717, 1.165) is 44.7 Å². The molecule has 0 aromatic heterocycles. The van der Waals surface area contributed by atoms with Gasteiger partial charge in [0.05, 0.1) is 0 Å². The minimum atomic E-state index is 0. The highest BCUT2D eigenvalue weighted by Gasteiger charge is 2.20. The number of amides is 1. The number of halogens is 1. The van der Waals surface area contributed by atoms with Gasteiger partial charge in [-0.3, -0.25) is 4.79 Å². The van der Waals surface area contributed by atoms with Gasteiger partial charge >= 0.3 is 0 Å². The van der Waals surface area contributed by atoms with Crippen molar-refractivity contribution in [3.05, 3.63) is 0 Å². The second-order valence-corrected chi connectivity index (χ2v) is 6.11. The molecule has 1 saturated carbocycles. The topological polar surface area (TPSA) is 46.3 Å². The van der Waals surface area contributed by atoms with E-state index in [0.29, 0.717) is 11.9 Å². The van der Waals surface area contributed by atoms with E-state index in [2.05, 4.69) is 0 Å². The summed E-state index contributed by atoms with van der Waals surface area (Å²) < 4.78 is 0. The molecule has 2 aliphatic rings. The Morgan fingerprint density at radius 3 is 2.32 bits per heavy atom. The lowest BCUT2D eigenvalue weighted by atomic mass is 9.86. The van der Waals surface area contributed by atoms with E-state index >= 15 is 0 Å². The monoisotopic (exact) mass is 288 g/mol. The molecule has 112 valence electrons. The molecule has 4 heteroatoms. The Balaban J connectivity index is 0.00000180. The van der Waals surface area contributed by atoms with Crippen LogP contribution >= 0.6 is 12.4 Å². The van der Waals surface area contributed by atoms with Crippen molar-refractivity contribution in [2.24, 2.45) is 11.7 Å². The van der Waals surface area contributed by atoms with Gasteiger partial charge in [-0.1, -0.05) is 32.1 Å². The molecule has 0 aromatic carbocycles. The van der Waals surface area contributed by atoms with Gasteiger partial charge in [-0.25, -0.2) is 0 Å². The van der Waals surface area contributed by atoms with Crippen LogP contribution < -0.4 is 5.73 Å². The normalized spacial score (nSPS) is 22.1. The second-order valence-electron chi connectivity index (χ2n) is 6.11. The summed E-state index contributed by atoms with van der Waals surface area (Å²) in [5.41, 5.74) is 5.86. The Labute approximate surface area is 123 Å². The quantitative estimate of drug-likeness (QED) is 0.864. The van der Waals surface area contributed by atoms with Crippen molar-refractivity contribution in [1.29, 1.82) is 0 Å². The zero-order valence-electron chi connectivity index (χ0n) is 12.0. The van der Waals surface area contributed by atoms with Crippen LogP contribution in [0.25, 0.3) is 0 Å². The highest BCUT2D eigenvalue weighted by molar-refractivity contribution is 5.85. The minimum Gasteiger partial charge on any atom is -0.343 e. The molecule has 0 aromatic rings. The summed E-state index contributed by atoms with van der Waals surface area (Å²) in [6.07, 6.45) is 12.1. The zero-order valence-corrected chi connectivity index (χ0v) is 12.8. The molecular formula is C15H29ClN2O. The summed E-state index contributed by atoms with van der Waals surface area (Å²) in [5, 5.41) is 0. The average Bonchev–Trinajstić information content (AvgIpc) is 2.40. The van der Waals surface area contributed by atoms with Crippen LogP contribution in [0.15, 0.2) is 0 Å². The third-order valence-electron chi connectivity index (χ3n) is 4.62. The smallest absolute Gasteiger partial charge is 0.222 e. The van der Waals surface area contributed by atoms with Gasteiger partial charge in [0.15, 0.2) is 0 Å². The Morgan fingerprint density at radius 2 is 1.68 bits per heavy atom. The standard InChI is InChI=1S/C15H28N2O.ClH/c16-14-9-11-17(12-10-14)15(18)8-4-7-13-5-2-1-3-6-13;/h13-14H,1-12,16H2;1H. The first-order valence-electron chi connectivity index (χ1n) is 7.79. The maximum absolute atomic E-state index is 12.0. The summed E-state index contributed by atoms with van der Waals surface area (Å²) in [6, 6.07) is 0.316. The molecule has 1 aliphatic carbocycles. The summed E-state index contributed by atoms with van der Waals surface area (Å²) in [4.78, 5) is 14.0. The maximum Gasteiger partial charge on any atom is 0.222 e. The SMILES string of the molecule is Cl.NC1CCN(C(=O)CCCC2CCCCC2)CC1. The highest BCUT2D eigenvalue weighted by atomic mass is 35.5. The molecule has 0 unspecified atom stereocenters. The largest absolute Gasteiger partial charge is 0.343 e. The van der Waals surface area contributed by atoms with Gasteiger partial charge in [-0.05, 0) is 31.6 Å². The molecule has 1 aliphatic heterocycles. The van der Waals surface area contributed by atoms with Gasteiger partial charge in [-0.15, -0.1) is 12.4 Å². The lowest BCUT2D eigenvalue weighted by Crippen LogP contribution is -2.42. The van der Waals surface area contributed by atoms with Crippen molar-refractivity contribution in [1.82, 2.24) is 4.90 Å². The fraction of sp³-hybridized carbons (Fsp3) is 0.933. The van der Waals surface area contributed by atoms with Crippen LogP contribution in [-0.2, 0) is 4.79 Å².